The first kappa shape index (κ1) is 11.3. The maximum absolute atomic E-state index is 2.67. The third kappa shape index (κ3) is 1.71. The maximum Gasteiger partial charge on any atom is 0.110 e. The summed E-state index contributed by atoms with van der Waals surface area (Å²) in [5, 5.41) is 0. The molecule has 0 saturated carbocycles. The van der Waals surface area contributed by atoms with E-state index in [0.29, 0.717) is 0 Å². The summed E-state index contributed by atoms with van der Waals surface area (Å²) < 4.78 is 1.42. The highest BCUT2D eigenvalue weighted by atomic mass is 15.5. The Morgan fingerprint density at radius 3 is 2.28 bits per heavy atom. The number of quaternary nitrogens is 1. The summed E-state index contributed by atoms with van der Waals surface area (Å²) in [5.41, 5.74) is 1.69. The van der Waals surface area contributed by atoms with E-state index in [1.165, 1.54) is 82.5 Å². The van der Waals surface area contributed by atoms with Gasteiger partial charge in [0, 0.05) is 44.8 Å². The van der Waals surface area contributed by atoms with Crippen LogP contribution in [0.1, 0.15) is 25.7 Å². The van der Waals surface area contributed by atoms with Crippen molar-refractivity contribution in [1.82, 2.24) is 9.80 Å². The van der Waals surface area contributed by atoms with Crippen molar-refractivity contribution < 1.29 is 4.48 Å². The lowest BCUT2D eigenvalue weighted by Gasteiger charge is -2.53. The van der Waals surface area contributed by atoms with Gasteiger partial charge < -0.3 is 9.38 Å². The fraction of sp³-hybridized carbons (Fsp3) is 0.867. The minimum absolute atomic E-state index is 0.850. The van der Waals surface area contributed by atoms with E-state index in [4.69, 9.17) is 0 Å². The van der Waals surface area contributed by atoms with Crippen LogP contribution in [0.4, 0.5) is 0 Å². The van der Waals surface area contributed by atoms with E-state index in [0.717, 1.165) is 6.04 Å². The highest BCUT2D eigenvalue weighted by Gasteiger charge is 2.45. The Morgan fingerprint density at radius 2 is 1.61 bits per heavy atom. The van der Waals surface area contributed by atoms with Gasteiger partial charge in [-0.2, -0.15) is 0 Å². The molecular formula is C15H26N3+. The SMILES string of the molecule is C1=C(N2CCCC2)CCC1[N+]12CCN(CC1)CC2. The average molecular weight is 248 g/mol. The average Bonchev–Trinajstić information content (AvgIpc) is 3.12. The second kappa shape index (κ2) is 4.24. The summed E-state index contributed by atoms with van der Waals surface area (Å²) in [6, 6.07) is 0.850. The molecule has 0 aromatic carbocycles. The van der Waals surface area contributed by atoms with Crippen LogP contribution < -0.4 is 0 Å². The number of hydrogen-bond donors (Lipinski definition) is 0. The molecule has 0 radical (unpaired) electrons. The molecule has 0 N–H and O–H groups in total. The van der Waals surface area contributed by atoms with Crippen LogP contribution in [-0.4, -0.2) is 72.7 Å². The summed E-state index contributed by atoms with van der Waals surface area (Å²) in [6.07, 6.45) is 8.28. The second-order valence-electron chi connectivity index (χ2n) is 6.69. The lowest BCUT2D eigenvalue weighted by molar-refractivity contribution is -0.957. The number of hydrogen-bond acceptors (Lipinski definition) is 2. The van der Waals surface area contributed by atoms with E-state index in [1.54, 1.807) is 5.70 Å². The fourth-order valence-electron chi connectivity index (χ4n) is 4.57. The first-order valence-corrected chi connectivity index (χ1v) is 7.90. The molecule has 5 rings (SSSR count). The first-order valence-electron chi connectivity index (χ1n) is 7.90. The second-order valence-corrected chi connectivity index (χ2v) is 6.69. The third-order valence-electron chi connectivity index (χ3n) is 5.88. The van der Waals surface area contributed by atoms with Gasteiger partial charge in [0.1, 0.15) is 6.04 Å². The smallest absolute Gasteiger partial charge is 0.110 e. The molecule has 5 aliphatic rings. The summed E-state index contributed by atoms with van der Waals surface area (Å²) in [4.78, 5) is 5.32. The summed E-state index contributed by atoms with van der Waals surface area (Å²) in [6.45, 7) is 10.9. The van der Waals surface area contributed by atoms with Gasteiger partial charge in [-0.3, -0.25) is 4.90 Å². The Hall–Kier alpha value is -0.540. The van der Waals surface area contributed by atoms with Gasteiger partial charge in [-0.15, -0.1) is 0 Å². The minimum Gasteiger partial charge on any atom is -0.375 e. The molecule has 100 valence electrons. The van der Waals surface area contributed by atoms with Crippen molar-refractivity contribution in [3.63, 3.8) is 0 Å². The molecule has 1 aliphatic carbocycles. The molecule has 0 aromatic heterocycles. The Balaban J connectivity index is 1.51. The molecule has 1 atom stereocenters. The Kier molecular flexibility index (Phi) is 2.66. The molecule has 4 fully saturated rings. The summed E-state index contributed by atoms with van der Waals surface area (Å²) >= 11 is 0. The van der Waals surface area contributed by atoms with Crippen molar-refractivity contribution in [2.45, 2.75) is 31.7 Å². The monoisotopic (exact) mass is 248 g/mol. The fourth-order valence-corrected chi connectivity index (χ4v) is 4.57. The zero-order valence-corrected chi connectivity index (χ0v) is 11.5. The number of rotatable bonds is 2. The van der Waals surface area contributed by atoms with Gasteiger partial charge in [0.05, 0.1) is 19.6 Å². The van der Waals surface area contributed by atoms with Crippen LogP contribution in [0.3, 0.4) is 0 Å². The highest BCUT2D eigenvalue weighted by Crippen LogP contribution is 2.34. The van der Waals surface area contributed by atoms with Gasteiger partial charge >= 0.3 is 0 Å². The Labute approximate surface area is 111 Å². The minimum atomic E-state index is 0.850. The van der Waals surface area contributed by atoms with E-state index in [9.17, 15) is 0 Å². The Morgan fingerprint density at radius 1 is 0.944 bits per heavy atom. The number of likely N-dealkylation sites (tertiary alicyclic amines) is 1. The molecule has 3 heteroatoms. The van der Waals surface area contributed by atoms with Crippen molar-refractivity contribution in [3.05, 3.63) is 11.8 Å². The number of allylic oxidation sites excluding steroid dienone is 1. The van der Waals surface area contributed by atoms with Gasteiger partial charge in [0.25, 0.3) is 0 Å². The molecule has 3 nitrogen and oxygen atoms in total. The molecule has 0 aromatic rings. The normalized spacial score (nSPS) is 43.6. The topological polar surface area (TPSA) is 6.48 Å². The highest BCUT2D eigenvalue weighted by molar-refractivity contribution is 5.13. The van der Waals surface area contributed by atoms with E-state index in [-0.39, 0.29) is 0 Å². The molecule has 0 spiro atoms. The van der Waals surface area contributed by atoms with Crippen LogP contribution in [-0.2, 0) is 0 Å². The van der Waals surface area contributed by atoms with E-state index >= 15 is 0 Å². The van der Waals surface area contributed by atoms with Crippen molar-refractivity contribution in [3.8, 4) is 0 Å². The van der Waals surface area contributed by atoms with Gasteiger partial charge in [-0.1, -0.05) is 0 Å². The molecular weight excluding hydrogens is 222 g/mol. The zero-order valence-electron chi connectivity index (χ0n) is 11.5. The zero-order chi connectivity index (χ0) is 12.0. The summed E-state index contributed by atoms with van der Waals surface area (Å²) in [5.74, 6) is 0. The van der Waals surface area contributed by atoms with Gasteiger partial charge in [-0.05, 0) is 25.3 Å². The van der Waals surface area contributed by atoms with E-state index < -0.39 is 0 Å². The third-order valence-corrected chi connectivity index (χ3v) is 5.88. The van der Waals surface area contributed by atoms with E-state index in [1.807, 2.05) is 0 Å². The lowest BCUT2D eigenvalue weighted by Crippen LogP contribution is -2.70. The van der Waals surface area contributed by atoms with Crippen molar-refractivity contribution in [1.29, 1.82) is 0 Å². The number of fused-ring (bicyclic) bond motifs is 3. The van der Waals surface area contributed by atoms with Gasteiger partial charge in [0.2, 0.25) is 0 Å². The molecule has 1 unspecified atom stereocenters. The predicted octanol–water partition coefficient (Wildman–Crippen LogP) is 1.27. The molecule has 4 saturated heterocycles. The summed E-state index contributed by atoms with van der Waals surface area (Å²) in [7, 11) is 0. The van der Waals surface area contributed by atoms with Crippen LogP contribution in [0, 0.1) is 0 Å². The quantitative estimate of drug-likeness (QED) is 0.679. The molecule has 0 amide bonds. The van der Waals surface area contributed by atoms with Crippen LogP contribution in [0.25, 0.3) is 0 Å². The standard InChI is InChI=1S/C15H26N3/c1-2-6-17(5-1)14-3-4-15(13-14)18-10-7-16(8-11-18)9-12-18/h13,15H,1-12H2/q+1. The number of nitrogens with zero attached hydrogens (tertiary/aromatic N) is 3. The van der Waals surface area contributed by atoms with Gasteiger partial charge in [-0.25, -0.2) is 0 Å². The first-order chi connectivity index (χ1) is 8.86. The van der Waals surface area contributed by atoms with Crippen LogP contribution >= 0.6 is 0 Å². The Bertz CT molecular complexity index is 335. The van der Waals surface area contributed by atoms with Crippen molar-refractivity contribution in [2.24, 2.45) is 0 Å². The van der Waals surface area contributed by atoms with Crippen molar-refractivity contribution in [2.75, 3.05) is 52.4 Å². The largest absolute Gasteiger partial charge is 0.375 e. The van der Waals surface area contributed by atoms with Crippen molar-refractivity contribution >= 4 is 0 Å². The van der Waals surface area contributed by atoms with Crippen LogP contribution in [0.15, 0.2) is 11.8 Å². The maximum atomic E-state index is 2.67. The molecule has 4 aliphatic heterocycles. The van der Waals surface area contributed by atoms with Crippen LogP contribution in [0.5, 0.6) is 0 Å². The molecule has 2 bridgehead atoms. The van der Waals surface area contributed by atoms with E-state index in [2.05, 4.69) is 15.9 Å². The van der Waals surface area contributed by atoms with Crippen LogP contribution in [0.2, 0.25) is 0 Å². The molecule has 18 heavy (non-hydrogen) atoms. The lowest BCUT2D eigenvalue weighted by atomic mass is 10.0. The molecule has 4 heterocycles. The van der Waals surface area contributed by atoms with Gasteiger partial charge in [0.15, 0.2) is 0 Å². The number of piperazine rings is 3. The predicted molar refractivity (Wildman–Crippen MR) is 73.2 cm³/mol.